The molecule has 0 bridgehead atoms. The highest BCUT2D eigenvalue weighted by Gasteiger charge is 2.27. The standard InChI is InChI=1S/C17H19N3O5S2/c18-26(22,23)15-9-5-14(6-10-15)19-17(21)13-3-7-16(8-4-13)27(24,25)20-11-1-2-12-20/h3-10H,1-2,11-12H2,(H,19,21)(H2,18,22,23). The molecule has 0 saturated carbocycles. The zero-order valence-electron chi connectivity index (χ0n) is 14.3. The third kappa shape index (κ3) is 4.35. The summed E-state index contributed by atoms with van der Waals surface area (Å²) in [6.07, 6.45) is 1.70. The Balaban J connectivity index is 1.72. The SMILES string of the molecule is NS(=O)(=O)c1ccc(NC(=O)c2ccc(S(=O)(=O)N3CCCC3)cc2)cc1. The Labute approximate surface area is 158 Å². The maximum atomic E-state index is 12.5. The lowest BCUT2D eigenvalue weighted by atomic mass is 10.2. The van der Waals surface area contributed by atoms with Gasteiger partial charge in [-0.05, 0) is 61.4 Å². The highest BCUT2D eigenvalue weighted by atomic mass is 32.2. The molecule has 1 saturated heterocycles. The smallest absolute Gasteiger partial charge is 0.255 e. The fourth-order valence-electron chi connectivity index (χ4n) is 2.79. The van der Waals surface area contributed by atoms with E-state index < -0.39 is 26.0 Å². The summed E-state index contributed by atoms with van der Waals surface area (Å²) < 4.78 is 48.9. The second kappa shape index (κ2) is 7.39. The summed E-state index contributed by atoms with van der Waals surface area (Å²) in [6, 6.07) is 11.1. The van der Waals surface area contributed by atoms with E-state index in [4.69, 9.17) is 5.14 Å². The van der Waals surface area contributed by atoms with Crippen LogP contribution in [0.25, 0.3) is 0 Å². The minimum atomic E-state index is -3.80. The maximum absolute atomic E-state index is 12.5. The van der Waals surface area contributed by atoms with E-state index in [1.807, 2.05) is 0 Å². The molecule has 8 nitrogen and oxygen atoms in total. The van der Waals surface area contributed by atoms with Crippen molar-refractivity contribution in [3.63, 3.8) is 0 Å². The van der Waals surface area contributed by atoms with Crippen LogP contribution in [0, 0.1) is 0 Å². The number of nitrogens with one attached hydrogen (secondary N) is 1. The summed E-state index contributed by atoms with van der Waals surface area (Å²) in [5.41, 5.74) is 0.673. The van der Waals surface area contributed by atoms with Crippen molar-refractivity contribution in [2.24, 2.45) is 5.14 Å². The van der Waals surface area contributed by atoms with E-state index in [1.54, 1.807) is 0 Å². The number of hydrogen-bond acceptors (Lipinski definition) is 5. The summed E-state index contributed by atoms with van der Waals surface area (Å²) >= 11 is 0. The summed E-state index contributed by atoms with van der Waals surface area (Å²) in [5, 5.41) is 7.64. The lowest BCUT2D eigenvalue weighted by molar-refractivity contribution is 0.102. The molecule has 1 aliphatic rings. The van der Waals surface area contributed by atoms with Crippen LogP contribution in [0.2, 0.25) is 0 Å². The van der Waals surface area contributed by atoms with Crippen LogP contribution >= 0.6 is 0 Å². The van der Waals surface area contributed by atoms with E-state index in [0.717, 1.165) is 12.8 Å². The van der Waals surface area contributed by atoms with Gasteiger partial charge in [-0.15, -0.1) is 0 Å². The van der Waals surface area contributed by atoms with Crippen molar-refractivity contribution in [1.29, 1.82) is 0 Å². The van der Waals surface area contributed by atoms with Gasteiger partial charge in [-0.1, -0.05) is 0 Å². The van der Waals surface area contributed by atoms with E-state index in [-0.39, 0.29) is 15.4 Å². The Bertz CT molecular complexity index is 1040. The van der Waals surface area contributed by atoms with E-state index in [9.17, 15) is 21.6 Å². The summed E-state index contributed by atoms with van der Waals surface area (Å²) in [5.74, 6) is -0.441. The topological polar surface area (TPSA) is 127 Å². The molecule has 1 aliphatic heterocycles. The molecule has 0 radical (unpaired) electrons. The van der Waals surface area contributed by atoms with Gasteiger partial charge in [0.2, 0.25) is 20.0 Å². The Morgan fingerprint density at radius 3 is 1.89 bits per heavy atom. The second-order valence-electron chi connectivity index (χ2n) is 6.16. The summed E-state index contributed by atoms with van der Waals surface area (Å²) in [4.78, 5) is 12.4. The van der Waals surface area contributed by atoms with Gasteiger partial charge in [-0.3, -0.25) is 4.79 Å². The quantitative estimate of drug-likeness (QED) is 0.771. The molecular formula is C17H19N3O5S2. The molecule has 1 amide bonds. The molecule has 10 heteroatoms. The molecule has 0 spiro atoms. The predicted molar refractivity (Wildman–Crippen MR) is 100 cm³/mol. The Hall–Kier alpha value is -2.27. The van der Waals surface area contributed by atoms with Crippen molar-refractivity contribution < 1.29 is 21.6 Å². The molecule has 2 aromatic rings. The zero-order valence-corrected chi connectivity index (χ0v) is 16.0. The lowest BCUT2D eigenvalue weighted by Gasteiger charge is -2.15. The number of nitrogens with two attached hydrogens (primary N) is 1. The van der Waals surface area contributed by atoms with Gasteiger partial charge in [0, 0.05) is 24.3 Å². The van der Waals surface area contributed by atoms with Gasteiger partial charge < -0.3 is 5.32 Å². The van der Waals surface area contributed by atoms with Crippen LogP contribution in [0.5, 0.6) is 0 Å². The molecule has 3 N–H and O–H groups in total. The van der Waals surface area contributed by atoms with Crippen LogP contribution in [0.3, 0.4) is 0 Å². The number of carbonyl (C=O) groups is 1. The normalized spacial score (nSPS) is 15.6. The van der Waals surface area contributed by atoms with Crippen molar-refractivity contribution >= 4 is 31.6 Å². The fourth-order valence-corrected chi connectivity index (χ4v) is 4.82. The highest BCUT2D eigenvalue weighted by molar-refractivity contribution is 7.89. The first-order chi connectivity index (χ1) is 12.7. The van der Waals surface area contributed by atoms with Crippen LogP contribution in [0.15, 0.2) is 58.3 Å². The molecular weight excluding hydrogens is 390 g/mol. The first kappa shape index (κ1) is 19.5. The molecule has 27 heavy (non-hydrogen) atoms. The van der Waals surface area contributed by atoms with Gasteiger partial charge in [0.05, 0.1) is 9.79 Å². The Morgan fingerprint density at radius 2 is 1.37 bits per heavy atom. The second-order valence-corrected chi connectivity index (χ2v) is 9.66. The first-order valence-corrected chi connectivity index (χ1v) is 11.2. The van der Waals surface area contributed by atoms with E-state index >= 15 is 0 Å². The minimum Gasteiger partial charge on any atom is -0.322 e. The average Bonchev–Trinajstić information content (AvgIpc) is 3.17. The number of primary sulfonamides is 1. The number of sulfonamides is 2. The lowest BCUT2D eigenvalue weighted by Crippen LogP contribution is -2.27. The number of nitrogens with zero attached hydrogens (tertiary/aromatic N) is 1. The minimum absolute atomic E-state index is 0.0584. The van der Waals surface area contributed by atoms with Crippen LogP contribution in [0.1, 0.15) is 23.2 Å². The number of anilines is 1. The van der Waals surface area contributed by atoms with Gasteiger partial charge in [-0.25, -0.2) is 22.0 Å². The average molecular weight is 409 g/mol. The van der Waals surface area contributed by atoms with Crippen LogP contribution in [-0.4, -0.2) is 40.1 Å². The third-order valence-electron chi connectivity index (χ3n) is 4.26. The van der Waals surface area contributed by atoms with Crippen molar-refractivity contribution in [3.8, 4) is 0 Å². The molecule has 3 rings (SSSR count). The van der Waals surface area contributed by atoms with E-state index in [1.165, 1.54) is 52.8 Å². The number of rotatable bonds is 5. The van der Waals surface area contributed by atoms with Gasteiger partial charge in [0.15, 0.2) is 0 Å². The van der Waals surface area contributed by atoms with Crippen molar-refractivity contribution in [2.75, 3.05) is 18.4 Å². The number of amides is 1. The molecule has 1 fully saturated rings. The van der Waals surface area contributed by atoms with E-state index in [2.05, 4.69) is 5.32 Å². The molecule has 0 atom stereocenters. The fraction of sp³-hybridized carbons (Fsp3) is 0.235. The molecule has 0 unspecified atom stereocenters. The van der Waals surface area contributed by atoms with Crippen LogP contribution in [0.4, 0.5) is 5.69 Å². The number of hydrogen-bond donors (Lipinski definition) is 2. The number of benzene rings is 2. The van der Waals surface area contributed by atoms with Gasteiger partial charge in [0.25, 0.3) is 5.91 Å². The van der Waals surface area contributed by atoms with E-state index in [0.29, 0.717) is 18.8 Å². The maximum Gasteiger partial charge on any atom is 0.255 e. The van der Waals surface area contributed by atoms with Crippen LogP contribution in [-0.2, 0) is 20.0 Å². The van der Waals surface area contributed by atoms with Crippen molar-refractivity contribution in [2.45, 2.75) is 22.6 Å². The Kier molecular flexibility index (Phi) is 5.33. The summed E-state index contributed by atoms with van der Waals surface area (Å²) in [7, 11) is -7.33. The summed E-state index contributed by atoms with van der Waals surface area (Å²) in [6.45, 7) is 1.03. The molecule has 0 aliphatic carbocycles. The van der Waals surface area contributed by atoms with Crippen molar-refractivity contribution in [1.82, 2.24) is 4.31 Å². The molecule has 2 aromatic carbocycles. The predicted octanol–water partition coefficient (Wildman–Crippen LogP) is 1.37. The van der Waals surface area contributed by atoms with Gasteiger partial charge >= 0.3 is 0 Å². The first-order valence-electron chi connectivity index (χ1n) is 8.22. The third-order valence-corrected chi connectivity index (χ3v) is 7.10. The van der Waals surface area contributed by atoms with Crippen molar-refractivity contribution in [3.05, 3.63) is 54.1 Å². The Morgan fingerprint density at radius 1 is 0.852 bits per heavy atom. The largest absolute Gasteiger partial charge is 0.322 e. The molecule has 0 aromatic heterocycles. The number of carbonyl (C=O) groups excluding carboxylic acids is 1. The van der Waals surface area contributed by atoms with Crippen LogP contribution < -0.4 is 10.5 Å². The molecule has 144 valence electrons. The molecule has 1 heterocycles. The zero-order chi connectivity index (χ0) is 19.7. The van der Waals surface area contributed by atoms with Gasteiger partial charge in [-0.2, -0.15) is 4.31 Å². The van der Waals surface area contributed by atoms with Gasteiger partial charge in [0.1, 0.15) is 0 Å². The monoisotopic (exact) mass is 409 g/mol. The highest BCUT2D eigenvalue weighted by Crippen LogP contribution is 2.21.